The lowest BCUT2D eigenvalue weighted by atomic mass is 10.1. The molecule has 0 bridgehead atoms. The minimum atomic E-state index is -3.76. The van der Waals surface area contributed by atoms with Crippen molar-refractivity contribution in [3.8, 4) is 0 Å². The lowest BCUT2D eigenvalue weighted by molar-refractivity contribution is 0.0957. The normalized spacial score (nSPS) is 11.3. The van der Waals surface area contributed by atoms with Gasteiger partial charge in [-0.05, 0) is 50.1 Å². The zero-order chi connectivity index (χ0) is 21.0. The van der Waals surface area contributed by atoms with Crippen molar-refractivity contribution in [2.24, 2.45) is 0 Å². The molecule has 0 aliphatic rings. The van der Waals surface area contributed by atoms with Gasteiger partial charge in [-0.1, -0.05) is 52.8 Å². The van der Waals surface area contributed by atoms with Crippen molar-refractivity contribution in [1.29, 1.82) is 0 Å². The van der Waals surface area contributed by atoms with E-state index in [1.54, 1.807) is 31.2 Å². The van der Waals surface area contributed by atoms with Crippen LogP contribution in [0.2, 0.25) is 5.02 Å². The summed E-state index contributed by atoms with van der Waals surface area (Å²) in [6, 6.07) is 13.9. The first-order valence-corrected chi connectivity index (χ1v) is 11.5. The Morgan fingerprint density at radius 2 is 1.72 bits per heavy atom. The number of aromatic nitrogens is 1. The van der Waals surface area contributed by atoms with Gasteiger partial charge >= 0.3 is 0 Å². The first-order valence-electron chi connectivity index (χ1n) is 8.84. The van der Waals surface area contributed by atoms with Gasteiger partial charge in [0.15, 0.2) is 5.13 Å². The van der Waals surface area contributed by atoms with Gasteiger partial charge in [0.1, 0.15) is 4.88 Å². The van der Waals surface area contributed by atoms with Gasteiger partial charge in [-0.15, -0.1) is 0 Å². The number of sulfonamides is 1. The molecular formula is C20H20ClN3O3S2. The number of benzene rings is 2. The van der Waals surface area contributed by atoms with E-state index in [1.807, 2.05) is 19.1 Å². The van der Waals surface area contributed by atoms with E-state index in [4.69, 9.17) is 11.6 Å². The fourth-order valence-electron chi connectivity index (χ4n) is 2.59. The predicted octanol–water partition coefficient (Wildman–Crippen LogP) is 4.19. The molecule has 0 spiro atoms. The van der Waals surface area contributed by atoms with Gasteiger partial charge < -0.3 is 5.32 Å². The maximum Gasteiger partial charge on any atom is 0.263 e. The summed E-state index contributed by atoms with van der Waals surface area (Å²) in [7, 11) is -3.76. The zero-order valence-electron chi connectivity index (χ0n) is 15.9. The number of aryl methyl sites for hydroxylation is 2. The number of carbonyl (C=O) groups excluding carboxylic acids is 1. The molecule has 152 valence electrons. The van der Waals surface area contributed by atoms with Crippen LogP contribution in [0.15, 0.2) is 53.4 Å². The molecule has 0 fully saturated rings. The third-order valence-electron chi connectivity index (χ3n) is 4.17. The van der Waals surface area contributed by atoms with Crippen LogP contribution in [0.5, 0.6) is 0 Å². The van der Waals surface area contributed by atoms with Crippen molar-refractivity contribution in [2.45, 2.75) is 25.2 Å². The highest BCUT2D eigenvalue weighted by Crippen LogP contribution is 2.25. The molecule has 2 aromatic carbocycles. The number of nitrogens with zero attached hydrogens (tertiary/aromatic N) is 1. The average Bonchev–Trinajstić information content (AvgIpc) is 3.03. The molecular weight excluding hydrogens is 430 g/mol. The van der Waals surface area contributed by atoms with E-state index in [1.165, 1.54) is 12.1 Å². The van der Waals surface area contributed by atoms with E-state index in [-0.39, 0.29) is 15.9 Å². The molecule has 0 atom stereocenters. The summed E-state index contributed by atoms with van der Waals surface area (Å²) in [5.41, 5.74) is 2.49. The van der Waals surface area contributed by atoms with E-state index >= 15 is 0 Å². The highest BCUT2D eigenvalue weighted by molar-refractivity contribution is 7.93. The topological polar surface area (TPSA) is 88.2 Å². The SMILES string of the molecule is Cc1ccc(S(=O)(=O)Nc2nc(C)c(C(=O)NCCc3ccc(Cl)cc3)s2)cc1. The van der Waals surface area contributed by atoms with Gasteiger partial charge in [-0.2, -0.15) is 0 Å². The lowest BCUT2D eigenvalue weighted by Crippen LogP contribution is -2.25. The summed E-state index contributed by atoms with van der Waals surface area (Å²) in [6.07, 6.45) is 0.660. The summed E-state index contributed by atoms with van der Waals surface area (Å²) in [6.45, 7) is 4.00. The summed E-state index contributed by atoms with van der Waals surface area (Å²) in [4.78, 5) is 17.2. The number of thiazole rings is 1. The maximum absolute atomic E-state index is 12.5. The van der Waals surface area contributed by atoms with Crippen LogP contribution in [0.4, 0.5) is 5.13 Å². The van der Waals surface area contributed by atoms with Crippen LogP contribution < -0.4 is 10.0 Å². The van der Waals surface area contributed by atoms with E-state index in [2.05, 4.69) is 15.0 Å². The number of hydrogen-bond donors (Lipinski definition) is 2. The van der Waals surface area contributed by atoms with Gasteiger partial charge in [0.2, 0.25) is 0 Å². The van der Waals surface area contributed by atoms with Crippen LogP contribution in [0.1, 0.15) is 26.5 Å². The molecule has 0 saturated carbocycles. The van der Waals surface area contributed by atoms with Crippen LogP contribution in [0.3, 0.4) is 0 Å². The Hall–Kier alpha value is -2.42. The van der Waals surface area contributed by atoms with Crippen LogP contribution in [-0.2, 0) is 16.4 Å². The Bertz CT molecular complexity index is 1110. The second-order valence-corrected chi connectivity index (χ2v) is 9.60. The van der Waals surface area contributed by atoms with Crippen LogP contribution in [0.25, 0.3) is 0 Å². The van der Waals surface area contributed by atoms with E-state index in [0.29, 0.717) is 28.6 Å². The molecule has 1 amide bonds. The first kappa shape index (κ1) is 21.3. The molecule has 0 radical (unpaired) electrons. The van der Waals surface area contributed by atoms with Crippen molar-refractivity contribution < 1.29 is 13.2 Å². The summed E-state index contributed by atoms with van der Waals surface area (Å²) in [5, 5.41) is 3.66. The second-order valence-electron chi connectivity index (χ2n) is 6.48. The Labute approximate surface area is 179 Å². The number of halogens is 1. The molecule has 6 nitrogen and oxygen atoms in total. The fraction of sp³-hybridized carbons (Fsp3) is 0.200. The van der Waals surface area contributed by atoms with Crippen molar-refractivity contribution in [2.75, 3.05) is 11.3 Å². The largest absolute Gasteiger partial charge is 0.351 e. The molecule has 3 rings (SSSR count). The zero-order valence-corrected chi connectivity index (χ0v) is 18.3. The average molecular weight is 450 g/mol. The minimum absolute atomic E-state index is 0.143. The smallest absolute Gasteiger partial charge is 0.263 e. The van der Waals surface area contributed by atoms with Gasteiger partial charge in [0.05, 0.1) is 10.6 Å². The number of anilines is 1. The summed E-state index contributed by atoms with van der Waals surface area (Å²) in [5.74, 6) is -0.283. The van der Waals surface area contributed by atoms with Crippen molar-refractivity contribution >= 4 is 44.0 Å². The van der Waals surface area contributed by atoms with Crippen molar-refractivity contribution in [3.05, 3.63) is 75.3 Å². The Morgan fingerprint density at radius 1 is 1.07 bits per heavy atom. The van der Waals surface area contributed by atoms with E-state index in [9.17, 15) is 13.2 Å². The quantitative estimate of drug-likeness (QED) is 0.566. The highest BCUT2D eigenvalue weighted by atomic mass is 35.5. The number of amides is 1. The van der Waals surface area contributed by atoms with Gasteiger partial charge in [-0.3, -0.25) is 9.52 Å². The molecule has 1 aromatic heterocycles. The Balaban J connectivity index is 1.63. The van der Waals surface area contributed by atoms with Gasteiger partial charge in [0, 0.05) is 11.6 Å². The third kappa shape index (κ3) is 5.56. The fourth-order valence-corrected chi connectivity index (χ4v) is 4.84. The predicted molar refractivity (Wildman–Crippen MR) is 116 cm³/mol. The Morgan fingerprint density at radius 3 is 2.38 bits per heavy atom. The molecule has 0 aliphatic carbocycles. The molecule has 2 N–H and O–H groups in total. The highest BCUT2D eigenvalue weighted by Gasteiger charge is 2.20. The Kier molecular flexibility index (Phi) is 6.56. The molecule has 1 heterocycles. The number of nitrogens with one attached hydrogen (secondary N) is 2. The van der Waals surface area contributed by atoms with Crippen molar-refractivity contribution in [3.63, 3.8) is 0 Å². The van der Waals surface area contributed by atoms with Crippen LogP contribution >= 0.6 is 22.9 Å². The molecule has 0 aliphatic heterocycles. The van der Waals surface area contributed by atoms with Gasteiger partial charge in [-0.25, -0.2) is 13.4 Å². The lowest BCUT2D eigenvalue weighted by Gasteiger charge is -2.05. The number of hydrogen-bond acceptors (Lipinski definition) is 5. The minimum Gasteiger partial charge on any atom is -0.351 e. The first-order chi connectivity index (χ1) is 13.7. The van der Waals surface area contributed by atoms with E-state index < -0.39 is 10.0 Å². The number of rotatable bonds is 7. The summed E-state index contributed by atoms with van der Waals surface area (Å²) < 4.78 is 27.4. The monoisotopic (exact) mass is 449 g/mol. The second kappa shape index (κ2) is 8.94. The summed E-state index contributed by atoms with van der Waals surface area (Å²) >= 11 is 6.87. The molecule has 0 unspecified atom stereocenters. The molecule has 3 aromatic rings. The van der Waals surface area contributed by atoms with Gasteiger partial charge in [0.25, 0.3) is 15.9 Å². The third-order valence-corrected chi connectivity index (χ3v) is 6.98. The van der Waals surface area contributed by atoms with E-state index in [0.717, 1.165) is 22.5 Å². The van der Waals surface area contributed by atoms with Crippen molar-refractivity contribution in [1.82, 2.24) is 10.3 Å². The standard InChI is InChI=1S/C20H20ClN3O3S2/c1-13-3-9-17(10-4-13)29(26,27)24-20-23-14(2)18(28-20)19(25)22-12-11-15-5-7-16(21)8-6-15/h3-10H,11-12H2,1-2H3,(H,22,25)(H,23,24). The molecule has 0 saturated heterocycles. The maximum atomic E-state index is 12.5. The molecule has 29 heavy (non-hydrogen) atoms. The van der Waals surface area contributed by atoms with Crippen LogP contribution in [0, 0.1) is 13.8 Å². The van der Waals surface area contributed by atoms with Crippen LogP contribution in [-0.4, -0.2) is 25.9 Å². The molecule has 9 heteroatoms. The number of carbonyl (C=O) groups is 1.